The minimum Gasteiger partial charge on any atom is -0.272 e. The lowest BCUT2D eigenvalue weighted by Gasteiger charge is -2.45. The van der Waals surface area contributed by atoms with E-state index in [2.05, 4.69) is 0 Å². The molecule has 40 heavy (non-hydrogen) atoms. The Balaban J connectivity index is 1.33. The standard InChI is InChI=1S/C32H23N3O5/c36-30(20-14-16-21(17-15-20)35(39)40)33(18-19-8-2-1-3-9-19)34-31(37)28-26-22-10-4-5-11-23(22)27(29(28)32(34)38)25-13-7-6-12-24(25)26/h1-17,26-29H,18H2/t26?,27?,28-,29-/m1/s1. The highest BCUT2D eigenvalue weighted by Gasteiger charge is 2.63. The van der Waals surface area contributed by atoms with Crippen LogP contribution in [0.5, 0.6) is 0 Å². The van der Waals surface area contributed by atoms with Crippen molar-refractivity contribution < 1.29 is 19.3 Å². The molecule has 0 N–H and O–H groups in total. The first-order valence-corrected chi connectivity index (χ1v) is 13.1. The minimum atomic E-state index is -0.634. The minimum absolute atomic E-state index is 0.0111. The van der Waals surface area contributed by atoms with Gasteiger partial charge >= 0.3 is 0 Å². The number of rotatable bonds is 5. The van der Waals surface area contributed by atoms with E-state index in [1.165, 1.54) is 29.3 Å². The topological polar surface area (TPSA) is 101 Å². The van der Waals surface area contributed by atoms with Crippen molar-refractivity contribution in [2.24, 2.45) is 11.8 Å². The van der Waals surface area contributed by atoms with Crippen LogP contribution in [0.2, 0.25) is 0 Å². The van der Waals surface area contributed by atoms with Gasteiger partial charge in [0.05, 0.1) is 23.3 Å². The molecule has 0 radical (unpaired) electrons. The van der Waals surface area contributed by atoms with Crippen molar-refractivity contribution in [3.63, 3.8) is 0 Å². The summed E-state index contributed by atoms with van der Waals surface area (Å²) in [6, 6.07) is 30.3. The van der Waals surface area contributed by atoms with Crippen LogP contribution >= 0.6 is 0 Å². The fourth-order valence-electron chi connectivity index (χ4n) is 6.76. The van der Waals surface area contributed by atoms with E-state index in [4.69, 9.17) is 0 Å². The van der Waals surface area contributed by atoms with Crippen molar-refractivity contribution in [3.05, 3.63) is 147 Å². The number of hydrogen-bond donors (Lipinski definition) is 0. The number of carbonyl (C=O) groups is 3. The van der Waals surface area contributed by atoms with E-state index >= 15 is 0 Å². The highest BCUT2D eigenvalue weighted by Crippen LogP contribution is 2.61. The monoisotopic (exact) mass is 529 g/mol. The lowest BCUT2D eigenvalue weighted by Crippen LogP contribution is -2.50. The van der Waals surface area contributed by atoms with Crippen molar-refractivity contribution in [1.29, 1.82) is 0 Å². The summed E-state index contributed by atoms with van der Waals surface area (Å²) in [6.45, 7) is -0.0111. The van der Waals surface area contributed by atoms with Crippen LogP contribution in [0.4, 0.5) is 5.69 Å². The first kappa shape index (κ1) is 24.0. The van der Waals surface area contributed by atoms with Gasteiger partial charge in [0.25, 0.3) is 23.4 Å². The van der Waals surface area contributed by atoms with Crippen LogP contribution < -0.4 is 0 Å². The van der Waals surface area contributed by atoms with E-state index in [9.17, 15) is 24.5 Å². The summed E-state index contributed by atoms with van der Waals surface area (Å²) in [5, 5.41) is 13.4. The summed E-state index contributed by atoms with van der Waals surface area (Å²) in [6.07, 6.45) is 0. The van der Waals surface area contributed by atoms with Gasteiger partial charge in [0.1, 0.15) is 0 Å². The zero-order valence-corrected chi connectivity index (χ0v) is 21.2. The highest BCUT2D eigenvalue weighted by atomic mass is 16.6. The maximum absolute atomic E-state index is 14.3. The summed E-state index contributed by atoms with van der Waals surface area (Å²) < 4.78 is 0. The number of nitro groups is 1. The molecule has 1 saturated heterocycles. The van der Waals surface area contributed by atoms with Crippen LogP contribution in [0.25, 0.3) is 0 Å². The molecule has 8 rings (SSSR count). The second-order valence-corrected chi connectivity index (χ2v) is 10.4. The molecule has 0 spiro atoms. The number of hydrogen-bond acceptors (Lipinski definition) is 5. The van der Waals surface area contributed by atoms with Gasteiger partial charge in [-0.15, -0.1) is 0 Å². The third-order valence-corrected chi connectivity index (χ3v) is 8.40. The Morgan fingerprint density at radius 3 is 1.60 bits per heavy atom. The number of carbonyl (C=O) groups excluding carboxylic acids is 3. The molecule has 0 unspecified atom stereocenters. The van der Waals surface area contributed by atoms with Crippen molar-refractivity contribution in [3.8, 4) is 0 Å². The Hall–Kier alpha value is -5.11. The number of hydrazine groups is 1. The molecule has 3 amide bonds. The van der Waals surface area contributed by atoms with Crippen molar-refractivity contribution in [1.82, 2.24) is 10.0 Å². The molecule has 1 heterocycles. The average molecular weight is 530 g/mol. The lowest BCUT2D eigenvalue weighted by molar-refractivity contribution is -0.384. The molecule has 2 atom stereocenters. The van der Waals surface area contributed by atoms with Crippen molar-refractivity contribution in [2.45, 2.75) is 18.4 Å². The Morgan fingerprint density at radius 1 is 0.700 bits per heavy atom. The molecule has 196 valence electrons. The number of imide groups is 1. The quantitative estimate of drug-likeness (QED) is 0.205. The van der Waals surface area contributed by atoms with Crippen LogP contribution in [-0.2, 0) is 16.1 Å². The number of nitro benzene ring substituents is 1. The summed E-state index contributed by atoms with van der Waals surface area (Å²) in [5.41, 5.74) is 4.92. The zero-order chi connectivity index (χ0) is 27.5. The first-order valence-electron chi connectivity index (χ1n) is 13.1. The molecule has 1 aliphatic heterocycles. The molecule has 8 heteroatoms. The number of amides is 3. The molecule has 4 aromatic carbocycles. The molecule has 2 bridgehead atoms. The SMILES string of the molecule is O=C(c1ccc([N+](=O)[O-])cc1)N(Cc1ccccc1)N1C(=O)[C@@H]2C3c4ccccc4C(c4ccccc43)[C@H]2C1=O. The van der Waals surface area contributed by atoms with Crippen LogP contribution in [0, 0.1) is 22.0 Å². The van der Waals surface area contributed by atoms with Crippen molar-refractivity contribution in [2.75, 3.05) is 0 Å². The Labute approximate surface area is 229 Å². The van der Waals surface area contributed by atoms with E-state index in [0.717, 1.165) is 32.8 Å². The van der Waals surface area contributed by atoms with Crippen LogP contribution in [0.1, 0.15) is 50.0 Å². The summed E-state index contributed by atoms with van der Waals surface area (Å²) in [4.78, 5) is 53.1. The van der Waals surface area contributed by atoms with Gasteiger partial charge in [0.15, 0.2) is 0 Å². The van der Waals surface area contributed by atoms with Crippen LogP contribution in [0.15, 0.2) is 103 Å². The fourth-order valence-corrected chi connectivity index (χ4v) is 6.76. The average Bonchev–Trinajstić information content (AvgIpc) is 3.26. The lowest BCUT2D eigenvalue weighted by atomic mass is 9.55. The van der Waals surface area contributed by atoms with Gasteiger partial charge in [-0.2, -0.15) is 5.01 Å². The molecule has 4 aromatic rings. The molecule has 1 fully saturated rings. The number of non-ortho nitro benzene ring substituents is 1. The maximum atomic E-state index is 14.3. The molecule has 0 aromatic heterocycles. The third-order valence-electron chi connectivity index (χ3n) is 8.40. The van der Waals surface area contributed by atoms with E-state index < -0.39 is 34.5 Å². The van der Waals surface area contributed by atoms with Gasteiger partial charge in [-0.25, -0.2) is 5.01 Å². The Bertz CT molecular complexity index is 1590. The van der Waals surface area contributed by atoms with Crippen LogP contribution in [0.3, 0.4) is 0 Å². The molecular formula is C32H23N3O5. The molecule has 3 aliphatic carbocycles. The summed E-state index contributed by atoms with van der Waals surface area (Å²) in [5.74, 6) is -3.24. The second-order valence-electron chi connectivity index (χ2n) is 10.4. The smallest absolute Gasteiger partial charge is 0.272 e. The number of nitrogens with zero attached hydrogens (tertiary/aromatic N) is 3. The van der Waals surface area contributed by atoms with Gasteiger partial charge in [0.2, 0.25) is 0 Å². The van der Waals surface area contributed by atoms with Gasteiger partial charge < -0.3 is 0 Å². The Kier molecular flexibility index (Phi) is 5.38. The molecular weight excluding hydrogens is 506 g/mol. The molecule has 8 nitrogen and oxygen atoms in total. The van der Waals surface area contributed by atoms with E-state index in [0.29, 0.717) is 0 Å². The summed E-state index contributed by atoms with van der Waals surface area (Å²) >= 11 is 0. The third kappa shape index (κ3) is 3.42. The van der Waals surface area contributed by atoms with E-state index in [1.807, 2.05) is 78.9 Å². The van der Waals surface area contributed by atoms with Crippen LogP contribution in [-0.4, -0.2) is 32.7 Å². The van der Waals surface area contributed by atoms with E-state index in [1.54, 1.807) is 0 Å². The van der Waals surface area contributed by atoms with Gasteiger partial charge in [-0.3, -0.25) is 24.5 Å². The normalized spacial score (nSPS) is 21.9. The Morgan fingerprint density at radius 2 is 1.15 bits per heavy atom. The second kappa shape index (κ2) is 8.98. The first-order chi connectivity index (χ1) is 19.5. The summed E-state index contributed by atoms with van der Waals surface area (Å²) in [7, 11) is 0. The maximum Gasteiger partial charge on any atom is 0.273 e. The molecule has 4 aliphatic rings. The van der Waals surface area contributed by atoms with Crippen molar-refractivity contribution >= 4 is 23.4 Å². The molecule has 0 saturated carbocycles. The predicted octanol–water partition coefficient (Wildman–Crippen LogP) is 5.04. The van der Waals surface area contributed by atoms with Gasteiger partial charge in [-0.1, -0.05) is 78.9 Å². The zero-order valence-electron chi connectivity index (χ0n) is 21.2. The van der Waals surface area contributed by atoms with Gasteiger partial charge in [0, 0.05) is 29.5 Å². The predicted molar refractivity (Wildman–Crippen MR) is 145 cm³/mol. The largest absolute Gasteiger partial charge is 0.273 e. The van der Waals surface area contributed by atoms with E-state index in [-0.39, 0.29) is 29.6 Å². The van der Waals surface area contributed by atoms with Gasteiger partial charge in [-0.05, 0) is 39.9 Å². The fraction of sp³-hybridized carbons (Fsp3) is 0.156. The number of benzene rings is 4. The highest BCUT2D eigenvalue weighted by molar-refractivity contribution is 6.09.